The van der Waals surface area contributed by atoms with Crippen molar-refractivity contribution in [1.82, 2.24) is 4.90 Å². The third-order valence-corrected chi connectivity index (χ3v) is 3.34. The molecule has 0 spiro atoms. The van der Waals surface area contributed by atoms with Gasteiger partial charge >= 0.3 is 0 Å². The van der Waals surface area contributed by atoms with Crippen molar-refractivity contribution in [2.75, 3.05) is 13.1 Å². The summed E-state index contributed by atoms with van der Waals surface area (Å²) < 4.78 is 0. The molecule has 3 nitrogen and oxygen atoms in total. The minimum atomic E-state index is 0.0129. The summed E-state index contributed by atoms with van der Waals surface area (Å²) in [6, 6.07) is 8.20. The van der Waals surface area contributed by atoms with Gasteiger partial charge in [-0.25, -0.2) is 0 Å². The minimum absolute atomic E-state index is 0.0129. The number of hydrogen-bond acceptors (Lipinski definition) is 2. The molecule has 0 aliphatic heterocycles. The first-order valence-corrected chi connectivity index (χ1v) is 6.63. The van der Waals surface area contributed by atoms with Crippen LogP contribution in [0.3, 0.4) is 0 Å². The van der Waals surface area contributed by atoms with Crippen molar-refractivity contribution in [2.45, 2.75) is 33.7 Å². The quantitative estimate of drug-likeness (QED) is 0.840. The number of hydrogen-bond donors (Lipinski definition) is 1. The zero-order valence-corrected chi connectivity index (χ0v) is 11.6. The highest BCUT2D eigenvalue weighted by molar-refractivity contribution is 5.78. The van der Waals surface area contributed by atoms with E-state index in [9.17, 15) is 4.79 Å². The highest BCUT2D eigenvalue weighted by atomic mass is 16.2. The number of aryl methyl sites for hydroxylation is 1. The second-order valence-corrected chi connectivity index (χ2v) is 4.76. The van der Waals surface area contributed by atoms with Gasteiger partial charge in [0.05, 0.1) is 0 Å². The maximum absolute atomic E-state index is 12.3. The number of amides is 1. The van der Waals surface area contributed by atoms with Crippen molar-refractivity contribution in [3.05, 3.63) is 35.4 Å². The molecule has 1 atom stereocenters. The van der Waals surface area contributed by atoms with E-state index in [1.54, 1.807) is 0 Å². The molecule has 1 amide bonds. The molecular formula is C15H24N2O. The standard InChI is InChI=1S/C15H24N2O/c1-4-17(15(18)13(3)9-10-16)11-14-8-6-5-7-12(14)2/h5-8,13H,4,9-11,16H2,1-3H3. The van der Waals surface area contributed by atoms with Crippen molar-refractivity contribution in [2.24, 2.45) is 11.7 Å². The smallest absolute Gasteiger partial charge is 0.225 e. The Kier molecular flexibility index (Phi) is 5.86. The summed E-state index contributed by atoms with van der Waals surface area (Å²) in [7, 11) is 0. The summed E-state index contributed by atoms with van der Waals surface area (Å²) in [5.41, 5.74) is 7.96. The first kappa shape index (κ1) is 14.7. The summed E-state index contributed by atoms with van der Waals surface area (Å²) in [6.45, 7) is 8.05. The first-order valence-electron chi connectivity index (χ1n) is 6.63. The zero-order valence-electron chi connectivity index (χ0n) is 11.6. The van der Waals surface area contributed by atoms with Crippen molar-refractivity contribution in [3.8, 4) is 0 Å². The van der Waals surface area contributed by atoms with Crippen LogP contribution in [-0.4, -0.2) is 23.9 Å². The van der Waals surface area contributed by atoms with E-state index in [1.807, 2.05) is 30.9 Å². The second kappa shape index (κ2) is 7.17. The molecule has 1 aromatic carbocycles. The van der Waals surface area contributed by atoms with E-state index >= 15 is 0 Å². The molecule has 1 aromatic rings. The summed E-state index contributed by atoms with van der Waals surface area (Å²) in [4.78, 5) is 14.2. The van der Waals surface area contributed by atoms with E-state index in [0.717, 1.165) is 13.0 Å². The Hall–Kier alpha value is -1.35. The fourth-order valence-electron chi connectivity index (χ4n) is 2.02. The molecule has 1 rings (SSSR count). The number of nitrogens with zero attached hydrogens (tertiary/aromatic N) is 1. The Morgan fingerprint density at radius 2 is 2.06 bits per heavy atom. The van der Waals surface area contributed by atoms with Crippen LogP contribution in [0.2, 0.25) is 0 Å². The molecule has 100 valence electrons. The lowest BCUT2D eigenvalue weighted by Gasteiger charge is -2.25. The van der Waals surface area contributed by atoms with Gasteiger partial charge in [-0.05, 0) is 37.9 Å². The SMILES string of the molecule is CCN(Cc1ccccc1C)C(=O)C(C)CCN. The summed E-state index contributed by atoms with van der Waals surface area (Å²) in [6.07, 6.45) is 0.753. The fourth-order valence-corrected chi connectivity index (χ4v) is 2.02. The normalized spacial score (nSPS) is 12.2. The van der Waals surface area contributed by atoms with Crippen LogP contribution in [0, 0.1) is 12.8 Å². The van der Waals surface area contributed by atoms with Crippen LogP contribution in [-0.2, 0) is 11.3 Å². The number of benzene rings is 1. The van der Waals surface area contributed by atoms with E-state index in [1.165, 1.54) is 11.1 Å². The monoisotopic (exact) mass is 248 g/mol. The van der Waals surface area contributed by atoms with Crippen LogP contribution in [0.15, 0.2) is 24.3 Å². The number of nitrogens with two attached hydrogens (primary N) is 1. The van der Waals surface area contributed by atoms with Crippen molar-refractivity contribution >= 4 is 5.91 Å². The molecule has 0 aliphatic rings. The zero-order chi connectivity index (χ0) is 13.5. The maximum Gasteiger partial charge on any atom is 0.225 e. The Morgan fingerprint density at radius 3 is 2.61 bits per heavy atom. The van der Waals surface area contributed by atoms with E-state index < -0.39 is 0 Å². The van der Waals surface area contributed by atoms with Crippen LogP contribution in [0.1, 0.15) is 31.4 Å². The van der Waals surface area contributed by atoms with Crippen LogP contribution < -0.4 is 5.73 Å². The van der Waals surface area contributed by atoms with Crippen LogP contribution in [0.4, 0.5) is 0 Å². The number of carbonyl (C=O) groups excluding carboxylic acids is 1. The Morgan fingerprint density at radius 1 is 1.39 bits per heavy atom. The van der Waals surface area contributed by atoms with Gasteiger partial charge in [0, 0.05) is 19.0 Å². The Labute approximate surface area is 110 Å². The first-order chi connectivity index (χ1) is 8.60. The highest BCUT2D eigenvalue weighted by Crippen LogP contribution is 2.13. The van der Waals surface area contributed by atoms with Crippen molar-refractivity contribution < 1.29 is 4.79 Å². The van der Waals surface area contributed by atoms with Crippen molar-refractivity contribution in [3.63, 3.8) is 0 Å². The van der Waals surface area contributed by atoms with E-state index in [0.29, 0.717) is 13.1 Å². The van der Waals surface area contributed by atoms with Crippen LogP contribution in [0.25, 0.3) is 0 Å². The Balaban J connectivity index is 2.73. The van der Waals surface area contributed by atoms with E-state index in [4.69, 9.17) is 5.73 Å². The minimum Gasteiger partial charge on any atom is -0.338 e. The fraction of sp³-hybridized carbons (Fsp3) is 0.533. The second-order valence-electron chi connectivity index (χ2n) is 4.76. The summed E-state index contributed by atoms with van der Waals surface area (Å²) in [5.74, 6) is 0.213. The van der Waals surface area contributed by atoms with Gasteiger partial charge in [0.25, 0.3) is 0 Å². The highest BCUT2D eigenvalue weighted by Gasteiger charge is 2.19. The lowest BCUT2D eigenvalue weighted by molar-refractivity contribution is -0.135. The molecule has 0 bridgehead atoms. The predicted molar refractivity (Wildman–Crippen MR) is 75.1 cm³/mol. The molecular weight excluding hydrogens is 224 g/mol. The topological polar surface area (TPSA) is 46.3 Å². The molecule has 0 fully saturated rings. The van der Waals surface area contributed by atoms with Gasteiger partial charge in [0.1, 0.15) is 0 Å². The summed E-state index contributed by atoms with van der Waals surface area (Å²) in [5, 5.41) is 0. The van der Waals surface area contributed by atoms with Gasteiger partial charge in [-0.3, -0.25) is 4.79 Å². The van der Waals surface area contributed by atoms with Gasteiger partial charge < -0.3 is 10.6 Å². The van der Waals surface area contributed by atoms with E-state index in [2.05, 4.69) is 19.1 Å². The molecule has 3 heteroatoms. The molecule has 18 heavy (non-hydrogen) atoms. The molecule has 0 radical (unpaired) electrons. The van der Waals surface area contributed by atoms with Crippen LogP contribution >= 0.6 is 0 Å². The largest absolute Gasteiger partial charge is 0.338 e. The third-order valence-electron chi connectivity index (χ3n) is 3.34. The average Bonchev–Trinajstić information content (AvgIpc) is 2.37. The molecule has 0 heterocycles. The third kappa shape index (κ3) is 3.84. The van der Waals surface area contributed by atoms with Crippen molar-refractivity contribution in [1.29, 1.82) is 0 Å². The molecule has 0 saturated carbocycles. The molecule has 0 aromatic heterocycles. The average molecular weight is 248 g/mol. The predicted octanol–water partition coefficient (Wildman–Crippen LogP) is 2.33. The lowest BCUT2D eigenvalue weighted by atomic mass is 10.0. The van der Waals surface area contributed by atoms with Gasteiger partial charge in [-0.2, -0.15) is 0 Å². The van der Waals surface area contributed by atoms with Crippen LogP contribution in [0.5, 0.6) is 0 Å². The molecule has 2 N–H and O–H groups in total. The van der Waals surface area contributed by atoms with Gasteiger partial charge in [-0.15, -0.1) is 0 Å². The van der Waals surface area contributed by atoms with E-state index in [-0.39, 0.29) is 11.8 Å². The molecule has 0 saturated heterocycles. The lowest BCUT2D eigenvalue weighted by Crippen LogP contribution is -2.35. The molecule has 1 unspecified atom stereocenters. The Bertz CT molecular complexity index is 390. The summed E-state index contributed by atoms with van der Waals surface area (Å²) >= 11 is 0. The number of rotatable bonds is 6. The molecule has 0 aliphatic carbocycles. The maximum atomic E-state index is 12.3. The number of carbonyl (C=O) groups is 1. The van der Waals surface area contributed by atoms with Gasteiger partial charge in [0.15, 0.2) is 0 Å². The van der Waals surface area contributed by atoms with Gasteiger partial charge in [0.2, 0.25) is 5.91 Å². The van der Waals surface area contributed by atoms with Gasteiger partial charge in [-0.1, -0.05) is 31.2 Å².